The number of hydrogen-bond donors (Lipinski definition) is 0. The van der Waals surface area contributed by atoms with Gasteiger partial charge in [-0.25, -0.2) is 14.2 Å². The van der Waals surface area contributed by atoms with Crippen molar-refractivity contribution in [2.24, 2.45) is 5.92 Å². The molecule has 1 unspecified atom stereocenters. The van der Waals surface area contributed by atoms with Gasteiger partial charge in [-0.2, -0.15) is 4.31 Å². The molecule has 1 amide bonds. The van der Waals surface area contributed by atoms with Gasteiger partial charge >= 0.3 is 6.09 Å². The first-order valence-electron chi connectivity index (χ1n) is 10.2. The zero-order chi connectivity index (χ0) is 23.4. The van der Waals surface area contributed by atoms with E-state index in [1.807, 2.05) is 31.4 Å². The van der Waals surface area contributed by atoms with Crippen LogP contribution in [0.3, 0.4) is 0 Å². The van der Waals surface area contributed by atoms with E-state index in [2.05, 4.69) is 4.98 Å². The molecule has 0 aliphatic heterocycles. The fourth-order valence-electron chi connectivity index (χ4n) is 3.28. The standard InChI is InChI=1S/C22H26FN3O4S2/c1-5-30-22(27)26(32(28)29)21-19(12-18(31-21)10-14(2)3)16-6-7-17(20(23)11-16)13-25-9-8-24-15(25)4/h6-9,11-12,14H,5,10,13H2,1-4H3,(H,28,29)/p-1. The van der Waals surface area contributed by atoms with Crippen LogP contribution in [0.1, 0.15) is 37.0 Å². The molecule has 0 saturated heterocycles. The largest absolute Gasteiger partial charge is 0.755 e. The van der Waals surface area contributed by atoms with Gasteiger partial charge in [-0.3, -0.25) is 4.21 Å². The van der Waals surface area contributed by atoms with E-state index in [0.717, 1.165) is 10.7 Å². The van der Waals surface area contributed by atoms with Gasteiger partial charge in [0.15, 0.2) is 0 Å². The number of carbonyl (C=O) groups is 1. The molecule has 0 radical (unpaired) electrons. The Bertz CT molecular complexity index is 1130. The van der Waals surface area contributed by atoms with Crippen LogP contribution >= 0.6 is 11.3 Å². The number of thiophene rings is 1. The zero-order valence-corrected chi connectivity index (χ0v) is 20.0. The molecule has 1 atom stereocenters. The van der Waals surface area contributed by atoms with Crippen molar-refractivity contribution in [2.45, 2.75) is 40.7 Å². The maximum atomic E-state index is 15.0. The van der Waals surface area contributed by atoms with Crippen LogP contribution in [0.2, 0.25) is 0 Å². The van der Waals surface area contributed by atoms with E-state index in [1.54, 1.807) is 31.5 Å². The summed E-state index contributed by atoms with van der Waals surface area (Å²) >= 11 is -1.70. The van der Waals surface area contributed by atoms with Crippen LogP contribution in [0.4, 0.5) is 14.2 Å². The Hall–Kier alpha value is -2.56. The summed E-state index contributed by atoms with van der Waals surface area (Å²) in [5.41, 5.74) is 1.42. The molecule has 0 bridgehead atoms. The minimum absolute atomic E-state index is 0.0308. The lowest BCUT2D eigenvalue weighted by molar-refractivity contribution is 0.164. The molecule has 0 aliphatic rings. The average Bonchev–Trinajstić information content (AvgIpc) is 3.29. The van der Waals surface area contributed by atoms with Gasteiger partial charge in [-0.15, -0.1) is 11.3 Å². The number of nitrogens with zero attached hydrogens (tertiary/aromatic N) is 3. The Morgan fingerprint density at radius 1 is 1.38 bits per heavy atom. The predicted octanol–water partition coefficient (Wildman–Crippen LogP) is 5.06. The van der Waals surface area contributed by atoms with E-state index in [4.69, 9.17) is 4.74 Å². The van der Waals surface area contributed by atoms with Crippen molar-refractivity contribution >= 4 is 33.7 Å². The number of anilines is 1. The molecule has 3 rings (SSSR count). The maximum absolute atomic E-state index is 15.0. The first-order valence-corrected chi connectivity index (χ1v) is 12.0. The summed E-state index contributed by atoms with van der Waals surface area (Å²) < 4.78 is 46.2. The predicted molar refractivity (Wildman–Crippen MR) is 123 cm³/mol. The van der Waals surface area contributed by atoms with Gasteiger partial charge in [-0.05, 0) is 43.9 Å². The molecule has 32 heavy (non-hydrogen) atoms. The Balaban J connectivity index is 2.04. The molecule has 2 heterocycles. The van der Waals surface area contributed by atoms with Crippen molar-refractivity contribution in [1.29, 1.82) is 0 Å². The number of amides is 1. The summed E-state index contributed by atoms with van der Waals surface area (Å²) in [5, 5.41) is 0.185. The lowest BCUT2D eigenvalue weighted by atomic mass is 10.0. The summed E-state index contributed by atoms with van der Waals surface area (Å²) in [6.45, 7) is 7.88. The fraction of sp³-hybridized carbons (Fsp3) is 0.364. The topological polar surface area (TPSA) is 87.5 Å². The number of halogens is 1. The Labute approximate surface area is 193 Å². The quantitative estimate of drug-likeness (QED) is 0.422. The Morgan fingerprint density at radius 2 is 2.12 bits per heavy atom. The summed E-state index contributed by atoms with van der Waals surface area (Å²) in [6.07, 6.45) is 3.13. The molecule has 172 valence electrons. The highest BCUT2D eigenvalue weighted by atomic mass is 32.2. The molecule has 0 aliphatic carbocycles. The lowest BCUT2D eigenvalue weighted by Crippen LogP contribution is -2.32. The van der Waals surface area contributed by atoms with Gasteiger partial charge in [-0.1, -0.05) is 26.0 Å². The monoisotopic (exact) mass is 478 g/mol. The first kappa shape index (κ1) is 24.1. The molecular formula is C22H25FN3O4S2-. The minimum atomic E-state index is -2.89. The SMILES string of the molecule is CCOC(=O)N(c1sc(CC(C)C)cc1-c1ccc(Cn2ccnc2C)c(F)c1)S(=O)[O-]. The summed E-state index contributed by atoms with van der Waals surface area (Å²) in [4.78, 5) is 17.4. The fourth-order valence-corrected chi connectivity index (χ4v) is 5.27. The van der Waals surface area contributed by atoms with E-state index in [0.29, 0.717) is 39.9 Å². The van der Waals surface area contributed by atoms with Crippen LogP contribution in [0.15, 0.2) is 36.7 Å². The van der Waals surface area contributed by atoms with E-state index >= 15 is 0 Å². The highest BCUT2D eigenvalue weighted by Crippen LogP contribution is 2.41. The highest BCUT2D eigenvalue weighted by Gasteiger charge is 2.25. The Kier molecular flexibility index (Phi) is 7.81. The van der Waals surface area contributed by atoms with Crippen molar-refractivity contribution in [3.8, 4) is 11.1 Å². The molecule has 0 fully saturated rings. The molecule has 0 N–H and O–H groups in total. The van der Waals surface area contributed by atoms with Gasteiger partial charge in [0, 0.05) is 28.4 Å². The number of rotatable bonds is 8. The average molecular weight is 479 g/mol. The van der Waals surface area contributed by atoms with Crippen LogP contribution in [0, 0.1) is 18.7 Å². The summed E-state index contributed by atoms with van der Waals surface area (Å²) in [6, 6.07) is 6.57. The number of benzene rings is 1. The molecule has 10 heteroatoms. The van der Waals surface area contributed by atoms with Crippen molar-refractivity contribution in [3.05, 3.63) is 58.7 Å². The number of imidazole rings is 1. The highest BCUT2D eigenvalue weighted by molar-refractivity contribution is 7.81. The van der Waals surface area contributed by atoms with Crippen LogP contribution in [0.5, 0.6) is 0 Å². The van der Waals surface area contributed by atoms with E-state index in [-0.39, 0.29) is 11.6 Å². The second-order valence-electron chi connectivity index (χ2n) is 7.65. The molecular weight excluding hydrogens is 453 g/mol. The van der Waals surface area contributed by atoms with Crippen LogP contribution in [-0.4, -0.2) is 31.0 Å². The van der Waals surface area contributed by atoms with Gasteiger partial charge < -0.3 is 13.9 Å². The Morgan fingerprint density at radius 3 is 2.69 bits per heavy atom. The number of aromatic nitrogens is 2. The van der Waals surface area contributed by atoms with Crippen molar-refractivity contribution < 1.29 is 22.7 Å². The van der Waals surface area contributed by atoms with Gasteiger partial charge in [0.25, 0.3) is 0 Å². The summed E-state index contributed by atoms with van der Waals surface area (Å²) in [5.74, 6) is 0.666. The van der Waals surface area contributed by atoms with Gasteiger partial charge in [0.05, 0.1) is 24.4 Å². The normalized spacial score (nSPS) is 12.2. The third-order valence-corrected chi connectivity index (χ3v) is 6.66. The van der Waals surface area contributed by atoms with Crippen LogP contribution in [-0.2, 0) is 29.0 Å². The number of carbonyl (C=O) groups excluding carboxylic acids is 1. The molecule has 0 spiro atoms. The molecule has 7 nitrogen and oxygen atoms in total. The third kappa shape index (κ3) is 5.43. The number of ether oxygens (including phenoxy) is 1. The lowest BCUT2D eigenvalue weighted by Gasteiger charge is -2.23. The van der Waals surface area contributed by atoms with Crippen molar-refractivity contribution in [2.75, 3.05) is 10.9 Å². The molecule has 0 saturated carbocycles. The molecule has 1 aromatic carbocycles. The van der Waals surface area contributed by atoms with E-state index in [1.165, 1.54) is 17.4 Å². The van der Waals surface area contributed by atoms with E-state index < -0.39 is 23.2 Å². The number of aryl methyl sites for hydroxylation is 1. The van der Waals surface area contributed by atoms with Crippen LogP contribution in [0.25, 0.3) is 11.1 Å². The second kappa shape index (κ2) is 10.4. The summed E-state index contributed by atoms with van der Waals surface area (Å²) in [7, 11) is 0. The van der Waals surface area contributed by atoms with Crippen LogP contribution < -0.4 is 4.31 Å². The van der Waals surface area contributed by atoms with Crippen molar-refractivity contribution in [1.82, 2.24) is 9.55 Å². The van der Waals surface area contributed by atoms with Crippen molar-refractivity contribution in [3.63, 3.8) is 0 Å². The number of hydrogen-bond acceptors (Lipinski definition) is 6. The van der Waals surface area contributed by atoms with E-state index in [9.17, 15) is 17.9 Å². The third-order valence-electron chi connectivity index (χ3n) is 4.77. The first-order chi connectivity index (χ1) is 15.2. The zero-order valence-electron chi connectivity index (χ0n) is 18.3. The van der Waals surface area contributed by atoms with Gasteiger partial charge in [0.1, 0.15) is 16.6 Å². The second-order valence-corrected chi connectivity index (χ2v) is 9.56. The van der Waals surface area contributed by atoms with Gasteiger partial charge in [0.2, 0.25) is 0 Å². The molecule has 2 aromatic heterocycles. The maximum Gasteiger partial charge on any atom is 0.426 e. The minimum Gasteiger partial charge on any atom is -0.755 e. The smallest absolute Gasteiger partial charge is 0.426 e. The molecule has 3 aromatic rings.